The van der Waals surface area contributed by atoms with Crippen molar-refractivity contribution >= 4 is 27.5 Å². The Balaban J connectivity index is 1.98. The van der Waals surface area contributed by atoms with Crippen molar-refractivity contribution in [3.63, 3.8) is 0 Å². The maximum atomic E-state index is 5.89. The van der Waals surface area contributed by atoms with Crippen molar-refractivity contribution in [1.29, 1.82) is 0 Å². The van der Waals surface area contributed by atoms with Crippen LogP contribution in [0.25, 0.3) is 0 Å². The highest BCUT2D eigenvalue weighted by Gasteiger charge is 2.23. The molecule has 1 saturated heterocycles. The third-order valence-corrected chi connectivity index (χ3v) is 2.96. The molecule has 1 aliphatic heterocycles. The van der Waals surface area contributed by atoms with E-state index in [4.69, 9.17) is 21.1 Å². The summed E-state index contributed by atoms with van der Waals surface area (Å²) < 4.78 is 11.3. The second-order valence-corrected chi connectivity index (χ2v) is 4.10. The smallest absolute Gasteiger partial charge is 0.121 e. The normalized spacial score (nSPS) is 20.0. The molecule has 0 radical (unpaired) electrons. The number of benzene rings is 1. The number of epoxide rings is 1. The van der Waals surface area contributed by atoms with Gasteiger partial charge in [-0.2, -0.15) is 0 Å². The van der Waals surface area contributed by atoms with E-state index in [1.807, 2.05) is 12.1 Å². The zero-order valence-corrected chi connectivity index (χ0v) is 9.14. The van der Waals surface area contributed by atoms with Crippen LogP contribution in [0.1, 0.15) is 0 Å². The molecule has 0 bridgehead atoms. The molecule has 13 heavy (non-hydrogen) atoms. The molecule has 2 nitrogen and oxygen atoms in total. The average molecular weight is 264 g/mol. The molecular weight excluding hydrogens is 255 g/mol. The molecule has 1 aliphatic rings. The number of halogens is 2. The van der Waals surface area contributed by atoms with E-state index in [1.165, 1.54) is 0 Å². The summed E-state index contributed by atoms with van der Waals surface area (Å²) in [6, 6.07) is 5.53. The van der Waals surface area contributed by atoms with Crippen molar-refractivity contribution < 1.29 is 9.47 Å². The first kappa shape index (κ1) is 9.31. The van der Waals surface area contributed by atoms with E-state index < -0.39 is 0 Å². The third-order valence-electron chi connectivity index (χ3n) is 1.73. The maximum Gasteiger partial charge on any atom is 0.121 e. The van der Waals surface area contributed by atoms with Gasteiger partial charge in [0.05, 0.1) is 11.6 Å². The fourth-order valence-corrected chi connectivity index (χ4v) is 1.34. The molecule has 0 amide bonds. The summed E-state index contributed by atoms with van der Waals surface area (Å²) >= 11 is 9.20. The van der Waals surface area contributed by atoms with Crippen molar-refractivity contribution in [3.05, 3.63) is 27.7 Å². The lowest BCUT2D eigenvalue weighted by Gasteiger charge is -2.04. The molecule has 4 heteroatoms. The van der Waals surface area contributed by atoms with Gasteiger partial charge in [0.15, 0.2) is 0 Å². The van der Waals surface area contributed by atoms with Crippen LogP contribution in [0.2, 0.25) is 5.02 Å². The topological polar surface area (TPSA) is 21.8 Å². The Kier molecular flexibility index (Phi) is 2.77. The van der Waals surface area contributed by atoms with Crippen LogP contribution in [-0.4, -0.2) is 19.3 Å². The zero-order valence-electron chi connectivity index (χ0n) is 6.80. The highest BCUT2D eigenvalue weighted by Crippen LogP contribution is 2.27. The van der Waals surface area contributed by atoms with E-state index in [-0.39, 0.29) is 6.10 Å². The van der Waals surface area contributed by atoms with E-state index in [1.54, 1.807) is 6.07 Å². The zero-order chi connectivity index (χ0) is 9.26. The number of hydrogen-bond donors (Lipinski definition) is 0. The minimum atomic E-state index is 0.280. The van der Waals surface area contributed by atoms with Crippen LogP contribution in [-0.2, 0) is 4.74 Å². The van der Waals surface area contributed by atoms with Crippen LogP contribution in [0.5, 0.6) is 5.75 Å². The van der Waals surface area contributed by atoms with Crippen molar-refractivity contribution in [3.8, 4) is 5.75 Å². The van der Waals surface area contributed by atoms with Crippen LogP contribution in [0, 0.1) is 0 Å². The van der Waals surface area contributed by atoms with Gasteiger partial charge in [-0.15, -0.1) is 0 Å². The summed E-state index contributed by atoms with van der Waals surface area (Å²) in [7, 11) is 0. The highest BCUT2D eigenvalue weighted by molar-refractivity contribution is 9.10. The van der Waals surface area contributed by atoms with Crippen LogP contribution in [0.3, 0.4) is 0 Å². The third kappa shape index (κ3) is 2.59. The molecule has 1 fully saturated rings. The van der Waals surface area contributed by atoms with Crippen LogP contribution in [0.15, 0.2) is 22.7 Å². The fourth-order valence-electron chi connectivity index (χ4n) is 0.920. The lowest BCUT2D eigenvalue weighted by molar-refractivity contribution is 0.263. The van der Waals surface area contributed by atoms with Gasteiger partial charge in [0.25, 0.3) is 0 Å². The predicted octanol–water partition coefficient (Wildman–Crippen LogP) is 2.88. The minimum Gasteiger partial charge on any atom is -0.491 e. The predicted molar refractivity (Wildman–Crippen MR) is 54.4 cm³/mol. The van der Waals surface area contributed by atoms with Gasteiger partial charge in [0.2, 0.25) is 0 Å². The van der Waals surface area contributed by atoms with E-state index in [0.29, 0.717) is 11.6 Å². The van der Waals surface area contributed by atoms with Crippen LogP contribution < -0.4 is 4.74 Å². The Morgan fingerprint density at radius 1 is 1.62 bits per heavy atom. The van der Waals surface area contributed by atoms with Gasteiger partial charge in [-0.3, -0.25) is 0 Å². The van der Waals surface area contributed by atoms with E-state index in [0.717, 1.165) is 16.8 Å². The lowest BCUT2D eigenvalue weighted by atomic mass is 10.3. The van der Waals surface area contributed by atoms with Crippen LogP contribution in [0.4, 0.5) is 0 Å². The summed E-state index contributed by atoms with van der Waals surface area (Å²) in [6.45, 7) is 1.42. The molecular formula is C9H8BrClO2. The molecule has 2 rings (SSSR count). The van der Waals surface area contributed by atoms with Gasteiger partial charge in [0, 0.05) is 4.47 Å². The number of hydrogen-bond acceptors (Lipinski definition) is 2. The Morgan fingerprint density at radius 2 is 2.38 bits per heavy atom. The Hall–Kier alpha value is -0.250. The summed E-state index contributed by atoms with van der Waals surface area (Å²) in [6.07, 6.45) is 0.280. The molecule has 1 atom stereocenters. The molecule has 0 spiro atoms. The summed E-state index contributed by atoms with van der Waals surface area (Å²) in [5.74, 6) is 0.781. The summed E-state index contributed by atoms with van der Waals surface area (Å²) in [5.41, 5.74) is 0. The molecule has 0 unspecified atom stereocenters. The first-order valence-corrected chi connectivity index (χ1v) is 5.12. The van der Waals surface area contributed by atoms with Gasteiger partial charge in [-0.25, -0.2) is 0 Å². The summed E-state index contributed by atoms with van der Waals surface area (Å²) in [4.78, 5) is 0. The monoisotopic (exact) mass is 262 g/mol. The van der Waals surface area contributed by atoms with Crippen molar-refractivity contribution in [2.75, 3.05) is 13.2 Å². The SMILES string of the molecule is Clc1cc(OC[C@H]2CO2)ccc1Br. The second kappa shape index (κ2) is 3.86. The molecule has 0 aliphatic carbocycles. The number of ether oxygens (including phenoxy) is 2. The van der Waals surface area contributed by atoms with Gasteiger partial charge in [-0.05, 0) is 34.1 Å². The Labute approximate surface area is 89.9 Å². The Bertz CT molecular complexity index is 312. The maximum absolute atomic E-state index is 5.89. The molecule has 1 heterocycles. The van der Waals surface area contributed by atoms with Crippen molar-refractivity contribution in [1.82, 2.24) is 0 Å². The Morgan fingerprint density at radius 3 is 3.00 bits per heavy atom. The van der Waals surface area contributed by atoms with Crippen LogP contribution >= 0.6 is 27.5 Å². The average Bonchev–Trinajstić information content (AvgIpc) is 2.91. The first-order chi connectivity index (χ1) is 6.25. The van der Waals surface area contributed by atoms with E-state index in [2.05, 4.69) is 15.9 Å². The van der Waals surface area contributed by atoms with Gasteiger partial charge < -0.3 is 9.47 Å². The lowest BCUT2D eigenvalue weighted by Crippen LogP contribution is -2.03. The highest BCUT2D eigenvalue weighted by atomic mass is 79.9. The van der Waals surface area contributed by atoms with Gasteiger partial charge in [-0.1, -0.05) is 11.6 Å². The summed E-state index contributed by atoms with van der Waals surface area (Å²) in [5, 5.41) is 0.661. The van der Waals surface area contributed by atoms with E-state index >= 15 is 0 Å². The molecule has 1 aromatic carbocycles. The standard InChI is InChI=1S/C9H8BrClO2/c10-8-2-1-6(3-9(8)11)12-4-7-5-13-7/h1-3,7H,4-5H2/t7-/m0/s1. The minimum absolute atomic E-state index is 0.280. The van der Waals surface area contributed by atoms with E-state index in [9.17, 15) is 0 Å². The molecule has 70 valence electrons. The fraction of sp³-hybridized carbons (Fsp3) is 0.333. The van der Waals surface area contributed by atoms with Crippen molar-refractivity contribution in [2.45, 2.75) is 6.10 Å². The van der Waals surface area contributed by atoms with Crippen molar-refractivity contribution in [2.24, 2.45) is 0 Å². The molecule has 0 saturated carbocycles. The molecule has 1 aromatic rings. The molecule has 0 N–H and O–H groups in total. The first-order valence-electron chi connectivity index (χ1n) is 3.95. The second-order valence-electron chi connectivity index (χ2n) is 2.84. The quantitative estimate of drug-likeness (QED) is 0.782. The molecule has 0 aromatic heterocycles. The van der Waals surface area contributed by atoms with Gasteiger partial charge >= 0.3 is 0 Å². The number of rotatable bonds is 3. The van der Waals surface area contributed by atoms with Gasteiger partial charge in [0.1, 0.15) is 18.5 Å². The largest absolute Gasteiger partial charge is 0.491 e.